The van der Waals surface area contributed by atoms with Gasteiger partial charge in [-0.05, 0) is 48.9 Å². The van der Waals surface area contributed by atoms with Crippen molar-refractivity contribution in [2.24, 2.45) is 0 Å². The minimum absolute atomic E-state index is 0. The molecule has 1 aromatic heterocycles. The Balaban J connectivity index is 0.00000353. The summed E-state index contributed by atoms with van der Waals surface area (Å²) in [6, 6.07) is 19.2. The van der Waals surface area contributed by atoms with Crippen LogP contribution in [-0.4, -0.2) is 53.0 Å². The van der Waals surface area contributed by atoms with Crippen molar-refractivity contribution in [3.05, 3.63) is 84.2 Å². The van der Waals surface area contributed by atoms with Crippen LogP contribution >= 0.6 is 12.4 Å². The molecule has 0 radical (unpaired) electrons. The largest absolute Gasteiger partial charge is 0.573 e. The molecule has 0 bridgehead atoms. The molecule has 0 unspecified atom stereocenters. The quantitative estimate of drug-likeness (QED) is 0.279. The Morgan fingerprint density at radius 3 is 2.26 bits per heavy atom. The number of piperazine rings is 1. The number of nitrogens with zero attached hydrogens (tertiary/aromatic N) is 4. The number of alkyl halides is 3. The number of aromatic nitrogens is 2. The Morgan fingerprint density at radius 1 is 0.949 bits per heavy atom. The molecule has 4 aromatic rings. The number of fused-ring (bicyclic) bond motifs is 1. The molecule has 1 aliphatic heterocycles. The van der Waals surface area contributed by atoms with Crippen molar-refractivity contribution < 1.29 is 27.1 Å². The van der Waals surface area contributed by atoms with E-state index in [1.165, 1.54) is 36.4 Å². The smallest absolute Gasteiger partial charge is 0.406 e. The third kappa shape index (κ3) is 6.39. The topological polar surface area (TPSA) is 58.6 Å². The van der Waals surface area contributed by atoms with Gasteiger partial charge in [0.2, 0.25) is 5.91 Å². The fraction of sp³-hybridized carbons (Fsp3) is 0.250. The lowest BCUT2D eigenvalue weighted by molar-refractivity contribution is -0.274. The Hall–Kier alpha value is -3.92. The van der Waals surface area contributed by atoms with Gasteiger partial charge in [0, 0.05) is 42.0 Å². The predicted molar refractivity (Wildman–Crippen MR) is 142 cm³/mol. The van der Waals surface area contributed by atoms with Gasteiger partial charge < -0.3 is 14.5 Å². The minimum atomic E-state index is -4.76. The second kappa shape index (κ2) is 11.4. The minimum Gasteiger partial charge on any atom is -0.406 e. The van der Waals surface area contributed by atoms with Gasteiger partial charge in [-0.2, -0.15) is 0 Å². The number of halogens is 5. The van der Waals surface area contributed by atoms with E-state index < -0.39 is 6.36 Å². The molecule has 1 amide bonds. The van der Waals surface area contributed by atoms with Crippen LogP contribution in [0.15, 0.2) is 72.8 Å². The van der Waals surface area contributed by atoms with E-state index >= 15 is 0 Å². The molecule has 39 heavy (non-hydrogen) atoms. The van der Waals surface area contributed by atoms with E-state index in [4.69, 9.17) is 0 Å². The fourth-order valence-corrected chi connectivity index (χ4v) is 4.72. The zero-order valence-electron chi connectivity index (χ0n) is 20.9. The van der Waals surface area contributed by atoms with E-state index in [0.717, 1.165) is 16.3 Å². The van der Waals surface area contributed by atoms with Crippen LogP contribution in [0.5, 0.6) is 5.75 Å². The standard InChI is InChI=1S/C28H24F4N4O2.ClH/c1-18-17-35(25(37)16-19-6-12-22(13-7-19)38-28(30,31)32)14-15-36(18)27-24-5-3-2-4-23(24)26(33-34-27)20-8-10-21(29)11-9-20;/h2-13,18H,14-17H2,1H3;1H/t18-;/m1./s1. The number of hydrogen-bond acceptors (Lipinski definition) is 5. The van der Waals surface area contributed by atoms with Crippen molar-refractivity contribution in [3.8, 4) is 17.0 Å². The zero-order valence-corrected chi connectivity index (χ0v) is 21.7. The number of amides is 1. The summed E-state index contributed by atoms with van der Waals surface area (Å²) in [5, 5.41) is 10.8. The van der Waals surface area contributed by atoms with Gasteiger partial charge >= 0.3 is 6.36 Å². The summed E-state index contributed by atoms with van der Waals surface area (Å²) < 4.78 is 54.4. The van der Waals surface area contributed by atoms with Crippen LogP contribution in [0.25, 0.3) is 22.0 Å². The van der Waals surface area contributed by atoms with Crippen molar-refractivity contribution in [3.63, 3.8) is 0 Å². The molecule has 0 saturated carbocycles. The SMILES string of the molecule is C[C@@H]1CN(C(=O)Cc2ccc(OC(F)(F)F)cc2)CCN1c1nnc(-c2ccc(F)cc2)c2ccccc12.Cl. The molecule has 0 N–H and O–H groups in total. The van der Waals surface area contributed by atoms with Crippen LogP contribution in [0.3, 0.4) is 0 Å². The summed E-state index contributed by atoms with van der Waals surface area (Å²) in [4.78, 5) is 16.8. The molecule has 2 heterocycles. The fourth-order valence-electron chi connectivity index (χ4n) is 4.72. The summed E-state index contributed by atoms with van der Waals surface area (Å²) in [7, 11) is 0. The molecule has 11 heteroatoms. The Labute approximate surface area is 228 Å². The first-order valence-electron chi connectivity index (χ1n) is 12.1. The molecular formula is C28H25ClF4N4O2. The van der Waals surface area contributed by atoms with Crippen molar-refractivity contribution in [1.82, 2.24) is 15.1 Å². The zero-order chi connectivity index (χ0) is 26.9. The normalized spacial score (nSPS) is 15.7. The number of rotatable bonds is 5. The molecule has 1 fully saturated rings. The van der Waals surface area contributed by atoms with Gasteiger partial charge in [-0.15, -0.1) is 35.8 Å². The number of carbonyl (C=O) groups is 1. The molecule has 1 aliphatic rings. The molecule has 1 atom stereocenters. The van der Waals surface area contributed by atoms with Crippen LogP contribution in [0.2, 0.25) is 0 Å². The van der Waals surface area contributed by atoms with Crippen molar-refractivity contribution in [2.45, 2.75) is 25.7 Å². The second-order valence-electron chi connectivity index (χ2n) is 9.18. The highest BCUT2D eigenvalue weighted by molar-refractivity contribution is 6.00. The average Bonchev–Trinajstić information content (AvgIpc) is 2.89. The van der Waals surface area contributed by atoms with E-state index in [2.05, 4.69) is 19.8 Å². The first kappa shape index (κ1) is 28.1. The summed E-state index contributed by atoms with van der Waals surface area (Å²) in [5.41, 5.74) is 2.04. The molecular weight excluding hydrogens is 536 g/mol. The van der Waals surface area contributed by atoms with E-state index in [1.807, 2.05) is 31.2 Å². The number of hydrogen-bond donors (Lipinski definition) is 0. The predicted octanol–water partition coefficient (Wildman–Crippen LogP) is 6.04. The maximum absolute atomic E-state index is 13.4. The van der Waals surface area contributed by atoms with Crippen molar-refractivity contribution in [1.29, 1.82) is 0 Å². The highest BCUT2D eigenvalue weighted by atomic mass is 35.5. The number of anilines is 1. The average molecular weight is 561 g/mol. The van der Waals surface area contributed by atoms with Crippen LogP contribution < -0.4 is 9.64 Å². The van der Waals surface area contributed by atoms with Gasteiger partial charge in [0.25, 0.3) is 0 Å². The highest BCUT2D eigenvalue weighted by Crippen LogP contribution is 2.33. The van der Waals surface area contributed by atoms with Gasteiger partial charge in [0.05, 0.1) is 6.42 Å². The lowest BCUT2D eigenvalue weighted by Crippen LogP contribution is -2.54. The molecule has 5 rings (SSSR count). The summed E-state index contributed by atoms with van der Waals surface area (Å²) >= 11 is 0. The van der Waals surface area contributed by atoms with Gasteiger partial charge in [-0.1, -0.05) is 36.4 Å². The second-order valence-corrected chi connectivity index (χ2v) is 9.18. The van der Waals surface area contributed by atoms with Gasteiger partial charge in [-0.3, -0.25) is 4.79 Å². The summed E-state index contributed by atoms with van der Waals surface area (Å²) in [6.45, 7) is 3.48. The van der Waals surface area contributed by atoms with Gasteiger partial charge in [0.15, 0.2) is 5.82 Å². The van der Waals surface area contributed by atoms with E-state index in [9.17, 15) is 22.4 Å². The van der Waals surface area contributed by atoms with Crippen LogP contribution in [0.1, 0.15) is 12.5 Å². The lowest BCUT2D eigenvalue weighted by atomic mass is 10.0. The van der Waals surface area contributed by atoms with Gasteiger partial charge in [-0.25, -0.2) is 4.39 Å². The molecule has 204 valence electrons. The number of carbonyl (C=O) groups excluding carboxylic acids is 1. The molecule has 0 spiro atoms. The first-order chi connectivity index (χ1) is 18.2. The third-order valence-corrected chi connectivity index (χ3v) is 6.55. The van der Waals surface area contributed by atoms with E-state index in [-0.39, 0.29) is 42.3 Å². The van der Waals surface area contributed by atoms with E-state index in [1.54, 1.807) is 17.0 Å². The van der Waals surface area contributed by atoms with Crippen LogP contribution in [-0.2, 0) is 11.2 Å². The maximum Gasteiger partial charge on any atom is 0.573 e. The Bertz CT molecular complexity index is 1450. The third-order valence-electron chi connectivity index (χ3n) is 6.55. The lowest BCUT2D eigenvalue weighted by Gasteiger charge is -2.40. The van der Waals surface area contributed by atoms with Crippen LogP contribution in [0.4, 0.5) is 23.4 Å². The van der Waals surface area contributed by atoms with Crippen molar-refractivity contribution in [2.75, 3.05) is 24.5 Å². The van der Waals surface area contributed by atoms with Gasteiger partial charge in [0.1, 0.15) is 17.3 Å². The monoisotopic (exact) mass is 560 g/mol. The highest BCUT2D eigenvalue weighted by Gasteiger charge is 2.31. The Morgan fingerprint density at radius 2 is 1.62 bits per heavy atom. The summed E-state index contributed by atoms with van der Waals surface area (Å²) in [6.07, 6.45) is -4.68. The number of ether oxygens (including phenoxy) is 1. The first-order valence-corrected chi connectivity index (χ1v) is 12.1. The molecule has 1 saturated heterocycles. The number of benzene rings is 3. The van der Waals surface area contributed by atoms with Crippen LogP contribution in [0, 0.1) is 5.82 Å². The molecule has 0 aliphatic carbocycles. The van der Waals surface area contributed by atoms with Crippen molar-refractivity contribution >= 4 is 34.9 Å². The Kier molecular flexibility index (Phi) is 8.25. The van der Waals surface area contributed by atoms with E-state index in [0.29, 0.717) is 36.7 Å². The maximum atomic E-state index is 13.4. The molecule has 3 aromatic carbocycles. The summed E-state index contributed by atoms with van der Waals surface area (Å²) in [5.74, 6) is -0.0408. The molecule has 6 nitrogen and oxygen atoms in total.